The number of sulfonamides is 1. The van der Waals surface area contributed by atoms with E-state index >= 15 is 0 Å². The van der Waals surface area contributed by atoms with Crippen LogP contribution in [0.2, 0.25) is 0 Å². The molecule has 2 aromatic carbocycles. The van der Waals surface area contributed by atoms with Crippen LogP contribution in [0.15, 0.2) is 70.4 Å². The van der Waals surface area contributed by atoms with Gasteiger partial charge in [0.15, 0.2) is 0 Å². The van der Waals surface area contributed by atoms with Gasteiger partial charge in [0.05, 0.1) is 16.3 Å². The minimum atomic E-state index is -4.19. The molecule has 0 fully saturated rings. The number of carbonyl (C=O) groups excluding carboxylic acids is 1. The van der Waals surface area contributed by atoms with Gasteiger partial charge in [-0.1, -0.05) is 36.4 Å². The number of benzene rings is 2. The molecular formula is C23H28N4O5S. The third kappa shape index (κ3) is 5.18. The molecule has 1 aromatic heterocycles. The standard InChI is InChI=1S/C23H28N4O5S/c1-18-22(23(29)27(25(18)2)19-11-6-4-7-12-19)26(17-21(28)24-15-10-16-32-3)33(30,31)20-13-8-5-9-14-20/h4-9,11-14H,10,15-17H2,1-3H3,(H,24,28). The van der Waals surface area contributed by atoms with Gasteiger partial charge in [0, 0.05) is 27.3 Å². The maximum absolute atomic E-state index is 13.6. The number of anilines is 1. The molecule has 0 saturated carbocycles. The normalized spacial score (nSPS) is 11.4. The van der Waals surface area contributed by atoms with E-state index in [1.807, 2.05) is 6.07 Å². The third-order valence-electron chi connectivity index (χ3n) is 5.24. The lowest BCUT2D eigenvalue weighted by atomic mass is 10.3. The van der Waals surface area contributed by atoms with Crippen molar-refractivity contribution in [3.63, 3.8) is 0 Å². The van der Waals surface area contributed by atoms with E-state index in [9.17, 15) is 18.0 Å². The predicted molar refractivity (Wildman–Crippen MR) is 126 cm³/mol. The Morgan fingerprint density at radius 2 is 1.67 bits per heavy atom. The monoisotopic (exact) mass is 472 g/mol. The van der Waals surface area contributed by atoms with Crippen LogP contribution in [0.3, 0.4) is 0 Å². The highest BCUT2D eigenvalue weighted by molar-refractivity contribution is 7.92. The number of hydrogen-bond donors (Lipinski definition) is 1. The minimum absolute atomic E-state index is 0.00824. The summed E-state index contributed by atoms with van der Waals surface area (Å²) in [5, 5.41) is 2.69. The van der Waals surface area contributed by atoms with Gasteiger partial charge in [-0.3, -0.25) is 14.3 Å². The van der Waals surface area contributed by atoms with Crippen molar-refractivity contribution < 1.29 is 17.9 Å². The van der Waals surface area contributed by atoms with Crippen LogP contribution in [0.1, 0.15) is 12.1 Å². The molecular weight excluding hydrogens is 444 g/mol. The Kier molecular flexibility index (Phi) is 7.72. The Labute approximate surface area is 193 Å². The summed E-state index contributed by atoms with van der Waals surface area (Å²) in [5.74, 6) is -0.514. The van der Waals surface area contributed by atoms with Crippen molar-refractivity contribution in [3.05, 3.63) is 76.7 Å². The van der Waals surface area contributed by atoms with E-state index in [0.717, 1.165) is 4.31 Å². The molecule has 3 aromatic rings. The number of nitrogens with one attached hydrogen (secondary N) is 1. The van der Waals surface area contributed by atoms with E-state index in [2.05, 4.69) is 5.32 Å². The summed E-state index contributed by atoms with van der Waals surface area (Å²) in [6.45, 7) is 1.92. The van der Waals surface area contributed by atoms with Crippen molar-refractivity contribution in [1.29, 1.82) is 0 Å². The second-order valence-electron chi connectivity index (χ2n) is 7.43. The van der Waals surface area contributed by atoms with E-state index in [1.54, 1.807) is 68.2 Å². The molecule has 0 aliphatic rings. The van der Waals surface area contributed by atoms with Crippen molar-refractivity contribution >= 4 is 21.6 Å². The minimum Gasteiger partial charge on any atom is -0.385 e. The van der Waals surface area contributed by atoms with Crippen molar-refractivity contribution in [2.24, 2.45) is 7.05 Å². The highest BCUT2D eigenvalue weighted by atomic mass is 32.2. The predicted octanol–water partition coefficient (Wildman–Crippen LogP) is 1.83. The van der Waals surface area contributed by atoms with Crippen LogP contribution in [0, 0.1) is 6.92 Å². The summed E-state index contributed by atoms with van der Waals surface area (Å²) in [7, 11) is -0.960. The number of methoxy groups -OCH3 is 1. The number of carbonyl (C=O) groups is 1. The van der Waals surface area contributed by atoms with Crippen molar-refractivity contribution in [2.75, 3.05) is 31.1 Å². The second kappa shape index (κ2) is 10.5. The fourth-order valence-corrected chi connectivity index (χ4v) is 4.97. The van der Waals surface area contributed by atoms with E-state index in [0.29, 0.717) is 31.0 Å². The molecule has 0 bridgehead atoms. The molecule has 9 nitrogen and oxygen atoms in total. The van der Waals surface area contributed by atoms with Crippen LogP contribution < -0.4 is 15.2 Å². The topological polar surface area (TPSA) is 103 Å². The molecule has 0 spiro atoms. The number of aromatic nitrogens is 2. The lowest BCUT2D eigenvalue weighted by molar-refractivity contribution is -0.119. The van der Waals surface area contributed by atoms with Crippen LogP contribution in [-0.4, -0.2) is 50.5 Å². The fourth-order valence-electron chi connectivity index (χ4n) is 3.48. The van der Waals surface area contributed by atoms with Crippen LogP contribution in [0.5, 0.6) is 0 Å². The molecule has 0 atom stereocenters. The smallest absolute Gasteiger partial charge is 0.296 e. The molecule has 1 N–H and O–H groups in total. The van der Waals surface area contributed by atoms with Crippen LogP contribution in [0.4, 0.5) is 5.69 Å². The maximum atomic E-state index is 13.6. The highest BCUT2D eigenvalue weighted by Gasteiger charge is 2.33. The Morgan fingerprint density at radius 1 is 1.06 bits per heavy atom. The number of hydrogen-bond acceptors (Lipinski definition) is 5. The second-order valence-corrected chi connectivity index (χ2v) is 9.29. The summed E-state index contributed by atoms with van der Waals surface area (Å²) >= 11 is 0. The molecule has 1 amide bonds. The first-order valence-electron chi connectivity index (χ1n) is 10.5. The quantitative estimate of drug-likeness (QED) is 0.454. The summed E-state index contributed by atoms with van der Waals surface area (Å²) in [5.41, 5.74) is 0.390. The van der Waals surface area contributed by atoms with Gasteiger partial charge in [0.25, 0.3) is 15.6 Å². The fraction of sp³-hybridized carbons (Fsp3) is 0.304. The molecule has 176 valence electrons. The SMILES string of the molecule is COCCCNC(=O)CN(c1c(C)n(C)n(-c2ccccc2)c1=O)S(=O)(=O)c1ccccc1. The van der Waals surface area contributed by atoms with Crippen molar-refractivity contribution in [1.82, 2.24) is 14.7 Å². The van der Waals surface area contributed by atoms with Gasteiger partial charge >= 0.3 is 0 Å². The van der Waals surface area contributed by atoms with Gasteiger partial charge in [-0.15, -0.1) is 0 Å². The largest absolute Gasteiger partial charge is 0.385 e. The Morgan fingerprint density at radius 3 is 2.27 bits per heavy atom. The summed E-state index contributed by atoms with van der Waals surface area (Å²) < 4.78 is 36.0. The molecule has 0 aliphatic heterocycles. The van der Waals surface area contributed by atoms with Gasteiger partial charge in [-0.25, -0.2) is 17.4 Å². The summed E-state index contributed by atoms with van der Waals surface area (Å²) in [6, 6.07) is 16.7. The molecule has 10 heteroatoms. The first-order valence-corrected chi connectivity index (χ1v) is 11.9. The van der Waals surface area contributed by atoms with E-state index in [4.69, 9.17) is 4.74 Å². The van der Waals surface area contributed by atoms with E-state index in [-0.39, 0.29) is 10.6 Å². The Hall–Kier alpha value is -3.37. The number of amides is 1. The van der Waals surface area contributed by atoms with Crippen LogP contribution in [0.25, 0.3) is 5.69 Å². The maximum Gasteiger partial charge on any atom is 0.296 e. The van der Waals surface area contributed by atoms with Gasteiger partial charge in [-0.05, 0) is 37.6 Å². The first kappa shape index (κ1) is 24.3. The third-order valence-corrected chi connectivity index (χ3v) is 7.00. The van der Waals surface area contributed by atoms with Crippen LogP contribution in [-0.2, 0) is 26.6 Å². The zero-order chi connectivity index (χ0) is 24.0. The first-order chi connectivity index (χ1) is 15.8. The molecule has 3 rings (SSSR count). The lowest BCUT2D eigenvalue weighted by Crippen LogP contribution is -2.43. The Balaban J connectivity index is 2.09. The van der Waals surface area contributed by atoms with E-state index < -0.39 is 28.0 Å². The van der Waals surface area contributed by atoms with E-state index in [1.165, 1.54) is 16.8 Å². The van der Waals surface area contributed by atoms with Gasteiger partial charge < -0.3 is 10.1 Å². The Bertz CT molecular complexity index is 1250. The summed E-state index contributed by atoms with van der Waals surface area (Å²) in [6.07, 6.45) is 0.582. The molecule has 1 heterocycles. The van der Waals surface area contributed by atoms with Gasteiger partial charge in [-0.2, -0.15) is 0 Å². The zero-order valence-corrected chi connectivity index (χ0v) is 19.7. The van der Waals surface area contributed by atoms with Crippen molar-refractivity contribution in [3.8, 4) is 5.69 Å². The lowest BCUT2D eigenvalue weighted by Gasteiger charge is -2.23. The number of ether oxygens (including phenoxy) is 1. The number of rotatable bonds is 10. The van der Waals surface area contributed by atoms with Crippen LogP contribution >= 0.6 is 0 Å². The zero-order valence-electron chi connectivity index (χ0n) is 18.9. The average molecular weight is 473 g/mol. The molecule has 33 heavy (non-hydrogen) atoms. The molecule has 0 radical (unpaired) electrons. The molecule has 0 saturated heterocycles. The molecule has 0 unspecified atom stereocenters. The van der Waals surface area contributed by atoms with Gasteiger partial charge in [0.2, 0.25) is 5.91 Å². The molecule has 0 aliphatic carbocycles. The van der Waals surface area contributed by atoms with Crippen molar-refractivity contribution in [2.45, 2.75) is 18.2 Å². The highest BCUT2D eigenvalue weighted by Crippen LogP contribution is 2.25. The number of para-hydroxylation sites is 1. The summed E-state index contributed by atoms with van der Waals surface area (Å²) in [4.78, 5) is 26.2. The van der Waals surface area contributed by atoms with Gasteiger partial charge in [0.1, 0.15) is 12.2 Å². The number of nitrogens with zero attached hydrogens (tertiary/aromatic N) is 3. The average Bonchev–Trinajstić information content (AvgIpc) is 3.04.